The molecule has 3 aromatic rings. The molecular weight excluding hydrogens is 463 g/mol. The molecule has 1 atom stereocenters. The number of carbonyl (C=O) groups is 1. The minimum absolute atomic E-state index is 0.190. The van der Waals surface area contributed by atoms with Crippen LogP contribution in [0.1, 0.15) is 40.9 Å². The highest BCUT2D eigenvalue weighted by molar-refractivity contribution is 6.12. The van der Waals surface area contributed by atoms with Gasteiger partial charge in [0.15, 0.2) is 0 Å². The molecule has 0 N–H and O–H groups in total. The zero-order chi connectivity index (χ0) is 24.4. The third-order valence-electron chi connectivity index (χ3n) is 6.56. The van der Waals surface area contributed by atoms with Gasteiger partial charge in [-0.15, -0.1) is 0 Å². The highest BCUT2D eigenvalue weighted by Gasteiger charge is 2.55. The summed E-state index contributed by atoms with van der Waals surface area (Å²) in [5.74, 6) is 0.344. The van der Waals surface area contributed by atoms with Crippen molar-refractivity contribution in [1.82, 2.24) is 19.7 Å². The number of carbonyl (C=O) groups excluding carboxylic acids is 1. The van der Waals surface area contributed by atoms with Crippen molar-refractivity contribution in [2.45, 2.75) is 50.6 Å². The van der Waals surface area contributed by atoms with Crippen LogP contribution in [0.2, 0.25) is 0 Å². The molecule has 5 heterocycles. The van der Waals surface area contributed by atoms with Gasteiger partial charge in [-0.3, -0.25) is 19.4 Å². The highest BCUT2D eigenvalue weighted by Crippen LogP contribution is 2.48. The molecule has 0 bridgehead atoms. The van der Waals surface area contributed by atoms with Crippen LogP contribution < -0.4 is 9.64 Å². The number of pyridine rings is 2. The van der Waals surface area contributed by atoms with Crippen LogP contribution >= 0.6 is 0 Å². The summed E-state index contributed by atoms with van der Waals surface area (Å²) in [6.45, 7) is 1.19. The van der Waals surface area contributed by atoms with Crippen LogP contribution in [0.25, 0.3) is 11.3 Å². The number of hydrogen-bond donors (Lipinski definition) is 0. The second kappa shape index (κ2) is 7.77. The standard InChI is InChI=1S/C24H22F3N5O3/c1-14-6-19(15-7-18(10-28-8-15)35-17-2-3-17)30-21-20(14)22(33)32(23(21)4-5-34-13-23)16-9-29-31(11-16)12-24(25,26)27/h6-11,17H,2-5,12-13H2,1H3. The number of rotatable bonds is 5. The molecule has 35 heavy (non-hydrogen) atoms. The number of hydrogen-bond acceptors (Lipinski definition) is 6. The SMILES string of the molecule is Cc1cc(-c2cncc(OC3CC3)c2)nc2c1C(=O)N(c1cnn(CC(F)(F)F)c1)C21CCOC1. The van der Waals surface area contributed by atoms with E-state index in [0.717, 1.165) is 28.7 Å². The smallest absolute Gasteiger partial charge is 0.408 e. The Kier molecular flexibility index (Phi) is 4.89. The predicted molar refractivity (Wildman–Crippen MR) is 118 cm³/mol. The number of nitrogens with zero attached hydrogens (tertiary/aromatic N) is 5. The van der Waals surface area contributed by atoms with Crippen molar-refractivity contribution < 1.29 is 27.4 Å². The summed E-state index contributed by atoms with van der Waals surface area (Å²) in [7, 11) is 0. The fraction of sp³-hybridized carbons (Fsp3) is 0.417. The zero-order valence-electron chi connectivity index (χ0n) is 18.9. The van der Waals surface area contributed by atoms with Crippen LogP contribution in [-0.2, 0) is 16.8 Å². The normalized spacial score (nSPS) is 21.7. The second-order valence-corrected chi connectivity index (χ2v) is 9.26. The van der Waals surface area contributed by atoms with Crippen LogP contribution in [0.4, 0.5) is 18.9 Å². The third-order valence-corrected chi connectivity index (χ3v) is 6.56. The van der Waals surface area contributed by atoms with Gasteiger partial charge in [0.05, 0.1) is 47.7 Å². The lowest BCUT2D eigenvalue weighted by Crippen LogP contribution is -2.45. The molecule has 8 nitrogen and oxygen atoms in total. The van der Waals surface area contributed by atoms with Crippen molar-refractivity contribution in [1.29, 1.82) is 0 Å². The molecular formula is C24H22F3N5O3. The van der Waals surface area contributed by atoms with Crippen molar-refractivity contribution in [3.63, 3.8) is 0 Å². The molecule has 11 heteroatoms. The van der Waals surface area contributed by atoms with Crippen molar-refractivity contribution in [3.8, 4) is 17.0 Å². The Hall–Kier alpha value is -3.47. The first kappa shape index (κ1) is 22.0. The van der Waals surface area contributed by atoms with Crippen LogP contribution in [0.15, 0.2) is 36.9 Å². The second-order valence-electron chi connectivity index (χ2n) is 9.26. The Balaban J connectivity index is 1.42. The number of aromatic nitrogens is 4. The fourth-order valence-electron chi connectivity index (χ4n) is 4.86. The number of ether oxygens (including phenoxy) is 2. The maximum absolute atomic E-state index is 13.6. The van der Waals surface area contributed by atoms with Gasteiger partial charge in [-0.2, -0.15) is 18.3 Å². The molecule has 2 aliphatic heterocycles. The molecule has 1 unspecified atom stereocenters. The number of amides is 1. The van der Waals surface area contributed by atoms with E-state index >= 15 is 0 Å². The summed E-state index contributed by atoms with van der Waals surface area (Å²) < 4.78 is 51.0. The van der Waals surface area contributed by atoms with E-state index < -0.39 is 18.3 Å². The molecule has 1 saturated heterocycles. The number of alkyl halides is 3. The van der Waals surface area contributed by atoms with Gasteiger partial charge in [-0.05, 0) is 37.5 Å². The van der Waals surface area contributed by atoms with Gasteiger partial charge in [0.2, 0.25) is 0 Å². The van der Waals surface area contributed by atoms with Gasteiger partial charge >= 0.3 is 6.18 Å². The monoisotopic (exact) mass is 485 g/mol. The van der Waals surface area contributed by atoms with Crippen LogP contribution in [0.3, 0.4) is 0 Å². The molecule has 6 rings (SSSR count). The molecule has 3 aromatic heterocycles. The maximum Gasteiger partial charge on any atom is 0.408 e. The lowest BCUT2D eigenvalue weighted by Gasteiger charge is -2.32. The molecule has 0 aromatic carbocycles. The average molecular weight is 485 g/mol. The summed E-state index contributed by atoms with van der Waals surface area (Å²) in [6.07, 6.45) is 4.22. The summed E-state index contributed by atoms with van der Waals surface area (Å²) in [6, 6.07) is 3.71. The lowest BCUT2D eigenvalue weighted by atomic mass is 9.91. The topological polar surface area (TPSA) is 82.4 Å². The van der Waals surface area contributed by atoms with E-state index in [4.69, 9.17) is 14.5 Å². The molecule has 1 amide bonds. The average Bonchev–Trinajstić information content (AvgIpc) is 3.20. The molecule has 1 spiro atoms. The first-order valence-electron chi connectivity index (χ1n) is 11.4. The number of fused-ring (bicyclic) bond motifs is 2. The van der Waals surface area contributed by atoms with Gasteiger partial charge < -0.3 is 9.47 Å². The minimum Gasteiger partial charge on any atom is -0.489 e. The molecule has 1 saturated carbocycles. The van der Waals surface area contributed by atoms with Gasteiger partial charge in [0.25, 0.3) is 5.91 Å². The van der Waals surface area contributed by atoms with Crippen molar-refractivity contribution in [2.24, 2.45) is 0 Å². The van der Waals surface area contributed by atoms with E-state index in [2.05, 4.69) is 10.1 Å². The lowest BCUT2D eigenvalue weighted by molar-refractivity contribution is -0.142. The van der Waals surface area contributed by atoms with Crippen LogP contribution in [0.5, 0.6) is 5.75 Å². The van der Waals surface area contributed by atoms with E-state index in [9.17, 15) is 18.0 Å². The molecule has 3 aliphatic rings. The first-order chi connectivity index (χ1) is 16.7. The van der Waals surface area contributed by atoms with Gasteiger partial charge in [0.1, 0.15) is 17.8 Å². The largest absolute Gasteiger partial charge is 0.489 e. The number of halogens is 3. The van der Waals surface area contributed by atoms with E-state index in [-0.39, 0.29) is 24.3 Å². The third kappa shape index (κ3) is 3.83. The van der Waals surface area contributed by atoms with E-state index in [1.165, 1.54) is 17.3 Å². The fourth-order valence-corrected chi connectivity index (χ4v) is 4.86. The van der Waals surface area contributed by atoms with Gasteiger partial charge in [-0.1, -0.05) is 0 Å². The summed E-state index contributed by atoms with van der Waals surface area (Å²) >= 11 is 0. The Labute approximate surface area is 198 Å². The van der Waals surface area contributed by atoms with E-state index in [1.807, 2.05) is 19.1 Å². The van der Waals surface area contributed by atoms with Gasteiger partial charge in [0, 0.05) is 31.0 Å². The van der Waals surface area contributed by atoms with Crippen molar-refractivity contribution in [3.05, 3.63) is 53.7 Å². The summed E-state index contributed by atoms with van der Waals surface area (Å²) in [4.78, 5) is 24.3. The van der Waals surface area contributed by atoms with Gasteiger partial charge in [-0.25, -0.2) is 4.98 Å². The Bertz CT molecular complexity index is 1310. The summed E-state index contributed by atoms with van der Waals surface area (Å²) in [5, 5.41) is 3.84. The molecule has 1 aliphatic carbocycles. The highest BCUT2D eigenvalue weighted by atomic mass is 19.4. The molecule has 2 fully saturated rings. The number of anilines is 1. The molecule has 182 valence electrons. The van der Waals surface area contributed by atoms with E-state index in [0.29, 0.717) is 35.7 Å². The zero-order valence-corrected chi connectivity index (χ0v) is 18.9. The van der Waals surface area contributed by atoms with E-state index in [1.54, 1.807) is 12.4 Å². The molecule has 0 radical (unpaired) electrons. The van der Waals surface area contributed by atoms with Crippen LogP contribution in [-0.4, -0.2) is 51.1 Å². The Morgan fingerprint density at radius 3 is 2.77 bits per heavy atom. The Morgan fingerprint density at radius 1 is 1.23 bits per heavy atom. The number of aryl methyl sites for hydroxylation is 1. The van der Waals surface area contributed by atoms with Crippen molar-refractivity contribution in [2.75, 3.05) is 18.1 Å². The maximum atomic E-state index is 13.6. The summed E-state index contributed by atoms with van der Waals surface area (Å²) in [5.41, 5.74) is 2.49. The first-order valence-corrected chi connectivity index (χ1v) is 11.4. The van der Waals surface area contributed by atoms with Crippen LogP contribution in [0, 0.1) is 6.92 Å². The predicted octanol–water partition coefficient (Wildman–Crippen LogP) is 4.03. The van der Waals surface area contributed by atoms with Crippen molar-refractivity contribution >= 4 is 11.6 Å². The Morgan fingerprint density at radius 2 is 2.06 bits per heavy atom. The minimum atomic E-state index is -4.42. The quantitative estimate of drug-likeness (QED) is 0.543.